The minimum atomic E-state index is -3.52. The minimum Gasteiger partial charge on any atom is -0.486 e. The van der Waals surface area contributed by atoms with Gasteiger partial charge in [-0.1, -0.05) is 13.8 Å². The molecule has 0 unspecified atom stereocenters. The molecule has 1 N–H and O–H groups in total. The van der Waals surface area contributed by atoms with Crippen molar-refractivity contribution in [3.05, 3.63) is 18.2 Å². The average Bonchev–Trinajstić information content (AvgIpc) is 2.57. The average molecular weight is 368 g/mol. The van der Waals surface area contributed by atoms with Crippen molar-refractivity contribution in [2.75, 3.05) is 39.4 Å². The fraction of sp³-hybridized carbons (Fsp3) is 0.667. The summed E-state index contributed by atoms with van der Waals surface area (Å²) in [6.45, 7) is 9.09. The number of hydrogen-bond donors (Lipinski definition) is 1. The van der Waals surface area contributed by atoms with Crippen LogP contribution in [0.1, 0.15) is 26.7 Å². The maximum Gasteiger partial charge on any atom is 0.240 e. The lowest BCUT2D eigenvalue weighted by atomic mass is 9.92. The highest BCUT2D eigenvalue weighted by Gasteiger charge is 2.22. The number of fused-ring (bicyclic) bond motifs is 1. The minimum absolute atomic E-state index is 0.219. The molecule has 2 heterocycles. The Labute approximate surface area is 150 Å². The van der Waals surface area contributed by atoms with Crippen LogP contribution in [0.4, 0.5) is 0 Å². The highest BCUT2D eigenvalue weighted by atomic mass is 32.2. The van der Waals surface area contributed by atoms with Crippen LogP contribution in [0.15, 0.2) is 23.1 Å². The summed E-state index contributed by atoms with van der Waals surface area (Å²) in [6, 6.07) is 4.74. The summed E-state index contributed by atoms with van der Waals surface area (Å²) in [5.41, 5.74) is 0. The Hall–Kier alpha value is -1.31. The van der Waals surface area contributed by atoms with Crippen molar-refractivity contribution in [1.29, 1.82) is 0 Å². The first-order valence-electron chi connectivity index (χ1n) is 9.06. The Morgan fingerprint density at radius 2 is 1.80 bits per heavy atom. The van der Waals surface area contributed by atoms with Crippen LogP contribution in [-0.2, 0) is 10.0 Å². The van der Waals surface area contributed by atoms with Crippen molar-refractivity contribution in [2.24, 2.45) is 11.8 Å². The third-order valence-electron chi connectivity index (χ3n) is 4.71. The lowest BCUT2D eigenvalue weighted by molar-refractivity contribution is 0.140. The molecule has 6 nitrogen and oxygen atoms in total. The molecule has 0 amide bonds. The van der Waals surface area contributed by atoms with E-state index in [9.17, 15) is 8.42 Å². The molecule has 2 atom stereocenters. The number of sulfonamides is 1. The third kappa shape index (κ3) is 4.86. The zero-order chi connectivity index (χ0) is 17.9. The molecule has 140 valence electrons. The van der Waals surface area contributed by atoms with E-state index >= 15 is 0 Å². The molecule has 1 saturated heterocycles. The molecule has 1 fully saturated rings. The Balaban J connectivity index is 1.50. The van der Waals surface area contributed by atoms with Gasteiger partial charge < -0.3 is 14.4 Å². The summed E-state index contributed by atoms with van der Waals surface area (Å²) < 4.78 is 38.5. The van der Waals surface area contributed by atoms with Crippen molar-refractivity contribution in [3.8, 4) is 11.5 Å². The second-order valence-electron chi connectivity index (χ2n) is 7.26. The van der Waals surface area contributed by atoms with Gasteiger partial charge in [-0.3, -0.25) is 0 Å². The van der Waals surface area contributed by atoms with Gasteiger partial charge in [0.05, 0.1) is 4.90 Å². The molecule has 0 spiro atoms. The number of likely N-dealkylation sites (tertiary alicyclic amines) is 1. The van der Waals surface area contributed by atoms with Gasteiger partial charge in [-0.2, -0.15) is 0 Å². The van der Waals surface area contributed by atoms with Crippen molar-refractivity contribution >= 4 is 10.0 Å². The molecule has 7 heteroatoms. The number of nitrogens with zero attached hydrogens (tertiary/aromatic N) is 1. The van der Waals surface area contributed by atoms with Crippen LogP contribution >= 0.6 is 0 Å². The first-order chi connectivity index (χ1) is 11.9. The topological polar surface area (TPSA) is 67.9 Å². The standard InChI is InChI=1S/C18H28N2O4S/c1-14-10-15(2)13-20(12-14)7-3-6-19-25(21,22)16-4-5-17-18(11-16)24-9-8-23-17/h4-5,11,14-15,19H,3,6-10,12-13H2,1-2H3/t14-,15-/m1/s1. The van der Waals surface area contributed by atoms with Gasteiger partial charge in [0.15, 0.2) is 11.5 Å². The van der Waals surface area contributed by atoms with E-state index in [0.29, 0.717) is 31.3 Å². The van der Waals surface area contributed by atoms with Gasteiger partial charge in [0.1, 0.15) is 13.2 Å². The smallest absolute Gasteiger partial charge is 0.240 e. The molecule has 2 aliphatic heterocycles. The van der Waals surface area contributed by atoms with Gasteiger partial charge in [0.2, 0.25) is 10.0 Å². The normalized spacial score (nSPS) is 24.2. The lowest BCUT2D eigenvalue weighted by Gasteiger charge is -2.34. The molecule has 1 aromatic rings. The zero-order valence-electron chi connectivity index (χ0n) is 15.0. The van der Waals surface area contributed by atoms with Crippen molar-refractivity contribution in [1.82, 2.24) is 9.62 Å². The SMILES string of the molecule is C[C@@H]1C[C@@H](C)CN(CCCNS(=O)(=O)c2ccc3c(c2)OCCO3)C1. The van der Waals surface area contributed by atoms with Crippen LogP contribution in [-0.4, -0.2) is 52.7 Å². The predicted octanol–water partition coefficient (Wildman–Crippen LogP) is 2.10. The summed E-state index contributed by atoms with van der Waals surface area (Å²) >= 11 is 0. The van der Waals surface area contributed by atoms with Gasteiger partial charge in [-0.05, 0) is 43.4 Å². The molecule has 1 aromatic carbocycles. The number of piperidine rings is 1. The molecule has 3 rings (SSSR count). The summed E-state index contributed by atoms with van der Waals surface area (Å²) in [5, 5.41) is 0. The molecule has 25 heavy (non-hydrogen) atoms. The zero-order valence-corrected chi connectivity index (χ0v) is 15.8. The highest BCUT2D eigenvalue weighted by Crippen LogP contribution is 2.32. The summed E-state index contributed by atoms with van der Waals surface area (Å²) in [5.74, 6) is 2.53. The van der Waals surface area contributed by atoms with E-state index in [1.165, 1.54) is 12.5 Å². The molecular weight excluding hydrogens is 340 g/mol. The van der Waals surface area contributed by atoms with E-state index in [0.717, 1.165) is 37.9 Å². The van der Waals surface area contributed by atoms with Gasteiger partial charge in [0.25, 0.3) is 0 Å². The van der Waals surface area contributed by atoms with Crippen molar-refractivity contribution < 1.29 is 17.9 Å². The largest absolute Gasteiger partial charge is 0.486 e. The number of nitrogens with one attached hydrogen (secondary N) is 1. The maximum atomic E-state index is 12.5. The molecule has 2 aliphatic rings. The Morgan fingerprint density at radius 3 is 2.52 bits per heavy atom. The molecule has 0 bridgehead atoms. The van der Waals surface area contributed by atoms with Gasteiger partial charge in [0, 0.05) is 25.7 Å². The predicted molar refractivity (Wildman–Crippen MR) is 96.6 cm³/mol. The third-order valence-corrected chi connectivity index (χ3v) is 6.17. The van der Waals surface area contributed by atoms with E-state index in [1.54, 1.807) is 12.1 Å². The molecular formula is C18H28N2O4S. The number of rotatable bonds is 6. The Kier molecular flexibility index (Phi) is 5.86. The summed E-state index contributed by atoms with van der Waals surface area (Å²) in [6.07, 6.45) is 2.09. The molecule has 0 radical (unpaired) electrons. The van der Waals surface area contributed by atoms with Crippen molar-refractivity contribution in [2.45, 2.75) is 31.6 Å². The fourth-order valence-corrected chi connectivity index (χ4v) is 4.85. The molecule has 0 saturated carbocycles. The first kappa shape index (κ1) is 18.5. The lowest BCUT2D eigenvalue weighted by Crippen LogP contribution is -2.40. The molecule has 0 aliphatic carbocycles. The van der Waals surface area contributed by atoms with Gasteiger partial charge in [-0.15, -0.1) is 0 Å². The highest BCUT2D eigenvalue weighted by molar-refractivity contribution is 7.89. The van der Waals surface area contributed by atoms with Crippen LogP contribution in [0.5, 0.6) is 11.5 Å². The van der Waals surface area contributed by atoms with Gasteiger partial charge in [-0.25, -0.2) is 13.1 Å². The van der Waals surface area contributed by atoms with E-state index in [-0.39, 0.29) is 4.90 Å². The van der Waals surface area contributed by atoms with E-state index in [2.05, 4.69) is 23.5 Å². The van der Waals surface area contributed by atoms with Crippen LogP contribution in [0.3, 0.4) is 0 Å². The second-order valence-corrected chi connectivity index (χ2v) is 9.03. The summed E-state index contributed by atoms with van der Waals surface area (Å²) in [4.78, 5) is 2.66. The number of benzene rings is 1. The van der Waals surface area contributed by atoms with Gasteiger partial charge >= 0.3 is 0 Å². The Morgan fingerprint density at radius 1 is 1.12 bits per heavy atom. The van der Waals surface area contributed by atoms with E-state index in [1.807, 2.05) is 0 Å². The van der Waals surface area contributed by atoms with Crippen LogP contribution < -0.4 is 14.2 Å². The van der Waals surface area contributed by atoms with Crippen molar-refractivity contribution in [3.63, 3.8) is 0 Å². The van der Waals surface area contributed by atoms with E-state index in [4.69, 9.17) is 9.47 Å². The van der Waals surface area contributed by atoms with Crippen LogP contribution in [0, 0.1) is 11.8 Å². The second kappa shape index (κ2) is 7.93. The number of hydrogen-bond acceptors (Lipinski definition) is 5. The molecule has 0 aromatic heterocycles. The van der Waals surface area contributed by atoms with E-state index < -0.39 is 10.0 Å². The fourth-order valence-electron chi connectivity index (χ4n) is 3.76. The Bertz CT molecular complexity index is 682. The summed E-state index contributed by atoms with van der Waals surface area (Å²) in [7, 11) is -3.52. The van der Waals surface area contributed by atoms with Crippen LogP contribution in [0.25, 0.3) is 0 Å². The monoisotopic (exact) mass is 368 g/mol. The number of ether oxygens (including phenoxy) is 2. The maximum absolute atomic E-state index is 12.5. The first-order valence-corrected chi connectivity index (χ1v) is 10.5. The quantitative estimate of drug-likeness (QED) is 0.779. The van der Waals surface area contributed by atoms with Crippen LogP contribution in [0.2, 0.25) is 0 Å².